The molecule has 8 N–H and O–H groups in total. The number of carbonyl (C=O) groups excluding carboxylic acids is 1. The minimum absolute atomic E-state index is 0.292. The van der Waals surface area contributed by atoms with Gasteiger partial charge in [-0.3, -0.25) is 4.79 Å². The highest BCUT2D eigenvalue weighted by Crippen LogP contribution is 2.28. The number of aliphatic hydroxyl groups excluding tert-OH is 7. The largest absolute Gasteiger partial charge is 0.394 e. The second-order valence-electron chi connectivity index (χ2n) is 8.61. The molecule has 1 fully saturated rings. The Hall–Kier alpha value is -0.890. The third-order valence-electron chi connectivity index (χ3n) is 4.68. The fourth-order valence-electron chi connectivity index (χ4n) is 3.24. The lowest BCUT2D eigenvalue weighted by Crippen LogP contribution is -2.62. The molecule has 11 heteroatoms. The molecular formula is C18H35NO10. The lowest BCUT2D eigenvalue weighted by atomic mass is 9.84. The van der Waals surface area contributed by atoms with Crippen LogP contribution in [0.1, 0.15) is 34.1 Å². The molecule has 1 heterocycles. The molecule has 0 radical (unpaired) electrons. The van der Waals surface area contributed by atoms with Crippen LogP contribution in [0.2, 0.25) is 0 Å². The zero-order valence-electron chi connectivity index (χ0n) is 17.2. The smallest absolute Gasteiger partial charge is 0.217 e. The molecule has 0 unspecified atom stereocenters. The van der Waals surface area contributed by atoms with Crippen molar-refractivity contribution in [3.63, 3.8) is 0 Å². The minimum atomic E-state index is -1.75. The number of amides is 1. The first-order valence-corrected chi connectivity index (χ1v) is 9.52. The van der Waals surface area contributed by atoms with Crippen LogP contribution in [0.4, 0.5) is 0 Å². The Morgan fingerprint density at radius 3 is 2.14 bits per heavy atom. The van der Waals surface area contributed by atoms with Crippen molar-refractivity contribution in [1.29, 1.82) is 0 Å². The maximum atomic E-state index is 11.6. The van der Waals surface area contributed by atoms with E-state index in [1.807, 2.05) is 20.8 Å². The molecule has 0 aromatic carbocycles. The van der Waals surface area contributed by atoms with E-state index in [1.165, 1.54) is 6.92 Å². The van der Waals surface area contributed by atoms with Gasteiger partial charge in [0.15, 0.2) is 6.29 Å². The van der Waals surface area contributed by atoms with Crippen molar-refractivity contribution in [2.45, 2.75) is 89.2 Å². The van der Waals surface area contributed by atoms with Gasteiger partial charge in [-0.1, -0.05) is 20.8 Å². The molecular weight excluding hydrogens is 390 g/mol. The molecule has 0 spiro atoms. The van der Waals surface area contributed by atoms with E-state index < -0.39 is 74.2 Å². The maximum absolute atomic E-state index is 11.6. The van der Waals surface area contributed by atoms with Gasteiger partial charge in [0.2, 0.25) is 5.91 Å². The summed E-state index contributed by atoms with van der Waals surface area (Å²) in [4.78, 5) is 11.6. The molecule has 1 aliphatic heterocycles. The summed E-state index contributed by atoms with van der Waals surface area (Å²) in [5.74, 6) is -0.427. The zero-order chi connectivity index (χ0) is 22.5. The van der Waals surface area contributed by atoms with E-state index in [0.29, 0.717) is 6.42 Å². The van der Waals surface area contributed by atoms with E-state index >= 15 is 0 Å². The molecule has 0 aromatic rings. The van der Waals surface area contributed by atoms with Gasteiger partial charge in [0.25, 0.3) is 0 Å². The van der Waals surface area contributed by atoms with Crippen LogP contribution in [-0.2, 0) is 14.3 Å². The molecule has 1 amide bonds. The minimum Gasteiger partial charge on any atom is -0.394 e. The highest BCUT2D eigenvalue weighted by Gasteiger charge is 2.47. The van der Waals surface area contributed by atoms with Gasteiger partial charge in [-0.15, -0.1) is 0 Å². The van der Waals surface area contributed by atoms with Gasteiger partial charge in [0.05, 0.1) is 19.3 Å². The zero-order valence-corrected chi connectivity index (χ0v) is 17.2. The average Bonchev–Trinajstić information content (AvgIpc) is 2.62. The van der Waals surface area contributed by atoms with Crippen LogP contribution in [0.3, 0.4) is 0 Å². The lowest BCUT2D eigenvalue weighted by Gasteiger charge is -2.43. The van der Waals surface area contributed by atoms with Gasteiger partial charge >= 0.3 is 0 Å². The normalized spacial score (nSPS) is 32.3. The molecule has 0 aromatic heterocycles. The molecule has 0 saturated carbocycles. The van der Waals surface area contributed by atoms with E-state index in [2.05, 4.69) is 5.32 Å². The number of ether oxygens (including phenoxy) is 2. The Labute approximate surface area is 169 Å². The summed E-state index contributed by atoms with van der Waals surface area (Å²) in [5.41, 5.74) is -0.327. The van der Waals surface area contributed by atoms with E-state index in [0.717, 1.165) is 0 Å². The van der Waals surface area contributed by atoms with Gasteiger partial charge in [-0.2, -0.15) is 0 Å². The molecule has 1 aliphatic rings. The molecule has 172 valence electrons. The number of carbonyl (C=O) groups is 1. The number of nitrogens with one attached hydrogen (secondary N) is 1. The van der Waals surface area contributed by atoms with Gasteiger partial charge in [0.1, 0.15) is 42.7 Å². The van der Waals surface area contributed by atoms with Crippen LogP contribution in [0.15, 0.2) is 0 Å². The quantitative estimate of drug-likeness (QED) is 0.187. The molecule has 0 aliphatic carbocycles. The van der Waals surface area contributed by atoms with Gasteiger partial charge in [-0.25, -0.2) is 0 Å². The Kier molecular flexibility index (Phi) is 9.86. The first-order valence-electron chi connectivity index (χ1n) is 9.52. The number of aliphatic hydroxyl groups is 7. The summed E-state index contributed by atoms with van der Waals surface area (Å²) in [7, 11) is 0. The number of rotatable bonds is 9. The summed E-state index contributed by atoms with van der Waals surface area (Å²) in [6, 6.07) is -0.872. The first kappa shape index (κ1) is 26.1. The number of hydrogen-bond donors (Lipinski definition) is 8. The van der Waals surface area contributed by atoms with E-state index in [9.17, 15) is 40.5 Å². The SMILES string of the molecule is CC(=O)N[C@@H](CC(C)(C)C)[C@@H](O)[C@H](O[C@@H]1O[C@H](CO)[C@H](O)[C@H](O)[C@H]1O)[C@H](O)CO. The summed E-state index contributed by atoms with van der Waals surface area (Å²) in [6.45, 7) is 5.41. The van der Waals surface area contributed by atoms with Crippen LogP contribution in [0.25, 0.3) is 0 Å². The third-order valence-corrected chi connectivity index (χ3v) is 4.68. The van der Waals surface area contributed by atoms with Crippen molar-refractivity contribution in [1.82, 2.24) is 5.32 Å². The molecule has 11 nitrogen and oxygen atoms in total. The highest BCUT2D eigenvalue weighted by atomic mass is 16.7. The Morgan fingerprint density at radius 2 is 1.69 bits per heavy atom. The summed E-state index contributed by atoms with van der Waals surface area (Å²) in [6.07, 6.45) is -12.3. The second kappa shape index (κ2) is 10.9. The van der Waals surface area contributed by atoms with Crippen molar-refractivity contribution in [3.05, 3.63) is 0 Å². The predicted molar refractivity (Wildman–Crippen MR) is 99.4 cm³/mol. The number of hydrogen-bond acceptors (Lipinski definition) is 10. The first-order chi connectivity index (χ1) is 13.3. The van der Waals surface area contributed by atoms with Crippen LogP contribution in [-0.4, -0.2) is 110 Å². The molecule has 1 rings (SSSR count). The van der Waals surface area contributed by atoms with Gasteiger partial charge in [-0.05, 0) is 11.8 Å². The molecule has 0 bridgehead atoms. The van der Waals surface area contributed by atoms with Crippen LogP contribution >= 0.6 is 0 Å². The van der Waals surface area contributed by atoms with Gasteiger partial charge < -0.3 is 50.5 Å². The van der Waals surface area contributed by atoms with Crippen molar-refractivity contribution >= 4 is 5.91 Å². The standard InChI is InChI=1S/C18H35NO10/c1-8(22)19-9(5-18(2,3)4)12(24)16(10(23)6-20)29-17-15(27)14(26)13(25)11(7-21)28-17/h9-17,20-21,23-27H,5-7H2,1-4H3,(H,19,22)/t9-,10+,11+,12+,13-,14-,15+,16+,17-/m0/s1. The summed E-state index contributed by atoms with van der Waals surface area (Å²) in [5, 5.41) is 72.1. The van der Waals surface area contributed by atoms with Crippen molar-refractivity contribution in [2.75, 3.05) is 13.2 Å². The average molecular weight is 425 g/mol. The molecule has 1 saturated heterocycles. The fraction of sp³-hybridized carbons (Fsp3) is 0.944. The second-order valence-corrected chi connectivity index (χ2v) is 8.61. The van der Waals surface area contributed by atoms with E-state index in [1.54, 1.807) is 0 Å². The summed E-state index contributed by atoms with van der Waals surface area (Å²) >= 11 is 0. The predicted octanol–water partition coefficient (Wildman–Crippen LogP) is -3.17. The monoisotopic (exact) mass is 425 g/mol. The highest BCUT2D eigenvalue weighted by molar-refractivity contribution is 5.73. The topological polar surface area (TPSA) is 189 Å². The molecule has 9 atom stereocenters. The summed E-state index contributed by atoms with van der Waals surface area (Å²) < 4.78 is 10.7. The Bertz CT molecular complexity index is 511. The van der Waals surface area contributed by atoms with Gasteiger partial charge in [0, 0.05) is 6.92 Å². The Balaban J connectivity index is 3.09. The van der Waals surface area contributed by atoms with Crippen molar-refractivity contribution in [2.24, 2.45) is 5.41 Å². The maximum Gasteiger partial charge on any atom is 0.217 e. The third kappa shape index (κ3) is 7.39. The lowest BCUT2D eigenvalue weighted by molar-refractivity contribution is -0.325. The van der Waals surface area contributed by atoms with E-state index in [4.69, 9.17) is 9.47 Å². The van der Waals surface area contributed by atoms with Crippen molar-refractivity contribution in [3.8, 4) is 0 Å². The molecule has 29 heavy (non-hydrogen) atoms. The van der Waals surface area contributed by atoms with Crippen molar-refractivity contribution < 1.29 is 50.0 Å². The Morgan fingerprint density at radius 1 is 1.10 bits per heavy atom. The van der Waals surface area contributed by atoms with Crippen LogP contribution in [0.5, 0.6) is 0 Å². The fourth-order valence-corrected chi connectivity index (χ4v) is 3.24. The van der Waals surface area contributed by atoms with E-state index in [-0.39, 0.29) is 5.41 Å². The van der Waals surface area contributed by atoms with Crippen LogP contribution < -0.4 is 5.32 Å². The van der Waals surface area contributed by atoms with Crippen LogP contribution in [0, 0.1) is 5.41 Å².